The number of nitrogens with zero attached hydrogens (tertiary/aromatic N) is 4. The molecule has 0 radical (unpaired) electrons. The smallest absolute Gasteiger partial charge is 0.247 e. The summed E-state index contributed by atoms with van der Waals surface area (Å²) in [5.74, 6) is 1.96. The Hall–Kier alpha value is -1.96. The Morgan fingerprint density at radius 1 is 1.12 bits per heavy atom. The van der Waals surface area contributed by atoms with Gasteiger partial charge in [0.25, 0.3) is 0 Å². The molecule has 1 atom stereocenters. The van der Waals surface area contributed by atoms with Crippen molar-refractivity contribution < 1.29 is 14.3 Å². The first kappa shape index (κ1) is 16.9. The molecular weight excluding hydrogens is 308 g/mol. The number of aromatic nitrogens is 2. The highest BCUT2D eigenvalue weighted by Gasteiger charge is 2.20. The van der Waals surface area contributed by atoms with Gasteiger partial charge in [-0.05, 0) is 31.2 Å². The Morgan fingerprint density at radius 3 is 2.42 bits per heavy atom. The number of aliphatic hydroxyl groups excluding tert-OH is 1. The predicted octanol–water partition coefficient (Wildman–Crippen LogP) is 1.24. The van der Waals surface area contributed by atoms with Crippen molar-refractivity contribution >= 4 is 0 Å². The fourth-order valence-electron chi connectivity index (χ4n) is 2.86. The number of aliphatic hydroxyl groups is 1. The number of piperazine rings is 1. The van der Waals surface area contributed by atoms with Crippen molar-refractivity contribution in [3.8, 4) is 17.2 Å². The zero-order valence-electron chi connectivity index (χ0n) is 14.2. The van der Waals surface area contributed by atoms with Crippen LogP contribution in [0.3, 0.4) is 0 Å². The van der Waals surface area contributed by atoms with Gasteiger partial charge in [0.15, 0.2) is 0 Å². The Bertz CT molecular complexity index is 634. The third-order valence-corrected chi connectivity index (χ3v) is 4.15. The van der Waals surface area contributed by atoms with Crippen LogP contribution < -0.4 is 4.74 Å². The van der Waals surface area contributed by atoms with Crippen LogP contribution in [0.5, 0.6) is 5.75 Å². The van der Waals surface area contributed by atoms with E-state index in [4.69, 9.17) is 9.15 Å². The topological polar surface area (TPSA) is 74.9 Å². The molecular formula is C17H24N4O3. The first-order valence-corrected chi connectivity index (χ1v) is 8.23. The van der Waals surface area contributed by atoms with Crippen LogP contribution in [0.4, 0.5) is 0 Å². The second kappa shape index (κ2) is 7.74. The van der Waals surface area contributed by atoms with Gasteiger partial charge in [-0.2, -0.15) is 0 Å². The molecule has 0 bridgehead atoms. The first-order chi connectivity index (χ1) is 11.6. The minimum absolute atomic E-state index is 0.278. The van der Waals surface area contributed by atoms with Crippen molar-refractivity contribution in [1.29, 1.82) is 0 Å². The average molecular weight is 332 g/mol. The second-order valence-corrected chi connectivity index (χ2v) is 6.16. The monoisotopic (exact) mass is 332 g/mol. The van der Waals surface area contributed by atoms with Crippen molar-refractivity contribution in [2.45, 2.75) is 19.6 Å². The van der Waals surface area contributed by atoms with Crippen molar-refractivity contribution in [2.24, 2.45) is 0 Å². The highest BCUT2D eigenvalue weighted by molar-refractivity contribution is 5.53. The summed E-state index contributed by atoms with van der Waals surface area (Å²) in [6, 6.07) is 7.57. The van der Waals surface area contributed by atoms with Gasteiger partial charge in [-0.3, -0.25) is 9.80 Å². The van der Waals surface area contributed by atoms with Crippen LogP contribution in [0.2, 0.25) is 0 Å². The lowest BCUT2D eigenvalue weighted by Crippen LogP contribution is -2.47. The SMILES string of the molecule is COc1ccc(-c2nnc(CN3CCN(CC(C)O)CC3)o2)cc1. The summed E-state index contributed by atoms with van der Waals surface area (Å²) in [6.45, 7) is 6.99. The van der Waals surface area contributed by atoms with Gasteiger partial charge in [0.2, 0.25) is 11.8 Å². The number of hydrogen-bond donors (Lipinski definition) is 1. The Kier molecular flexibility index (Phi) is 5.44. The average Bonchev–Trinajstić information content (AvgIpc) is 3.05. The number of hydrogen-bond acceptors (Lipinski definition) is 7. The zero-order chi connectivity index (χ0) is 16.9. The molecule has 0 saturated carbocycles. The Labute approximate surface area is 141 Å². The van der Waals surface area contributed by atoms with Crippen molar-refractivity contribution in [3.05, 3.63) is 30.2 Å². The number of ether oxygens (including phenoxy) is 1. The lowest BCUT2D eigenvalue weighted by atomic mass is 10.2. The molecule has 1 aromatic heterocycles. The molecule has 1 fully saturated rings. The zero-order valence-corrected chi connectivity index (χ0v) is 14.2. The largest absolute Gasteiger partial charge is 0.497 e. The van der Waals surface area contributed by atoms with E-state index in [0.717, 1.165) is 44.0 Å². The fraction of sp³-hybridized carbons (Fsp3) is 0.529. The van der Waals surface area contributed by atoms with Gasteiger partial charge < -0.3 is 14.3 Å². The molecule has 1 aliphatic heterocycles. The summed E-state index contributed by atoms with van der Waals surface area (Å²) in [5, 5.41) is 17.7. The minimum atomic E-state index is -0.278. The molecule has 0 amide bonds. The van der Waals surface area contributed by atoms with E-state index in [9.17, 15) is 5.11 Å². The maximum absolute atomic E-state index is 9.45. The third-order valence-electron chi connectivity index (χ3n) is 4.15. The molecule has 24 heavy (non-hydrogen) atoms. The van der Waals surface area contributed by atoms with Gasteiger partial charge in [0, 0.05) is 38.3 Å². The van der Waals surface area contributed by atoms with Gasteiger partial charge in [0.1, 0.15) is 5.75 Å². The molecule has 1 aromatic carbocycles. The number of β-amino-alcohol motifs (C(OH)–C–C–N with tert-alkyl or cyclic N) is 1. The van der Waals surface area contributed by atoms with Crippen LogP contribution in [0.15, 0.2) is 28.7 Å². The molecule has 2 aromatic rings. The van der Waals surface area contributed by atoms with E-state index in [1.165, 1.54) is 0 Å². The van der Waals surface area contributed by atoms with E-state index >= 15 is 0 Å². The molecule has 7 heteroatoms. The first-order valence-electron chi connectivity index (χ1n) is 8.23. The summed E-state index contributed by atoms with van der Waals surface area (Å²) in [5.41, 5.74) is 0.885. The number of benzene rings is 1. The molecule has 1 unspecified atom stereocenters. The van der Waals surface area contributed by atoms with E-state index in [0.29, 0.717) is 18.3 Å². The van der Waals surface area contributed by atoms with E-state index in [1.807, 2.05) is 31.2 Å². The second-order valence-electron chi connectivity index (χ2n) is 6.16. The third kappa shape index (κ3) is 4.31. The van der Waals surface area contributed by atoms with Gasteiger partial charge in [-0.25, -0.2) is 0 Å². The summed E-state index contributed by atoms with van der Waals surface area (Å²) >= 11 is 0. The summed E-state index contributed by atoms with van der Waals surface area (Å²) < 4.78 is 10.9. The van der Waals surface area contributed by atoms with Crippen LogP contribution in [0, 0.1) is 0 Å². The van der Waals surface area contributed by atoms with Crippen molar-refractivity contribution in [3.63, 3.8) is 0 Å². The molecule has 0 spiro atoms. The number of rotatable bonds is 6. The van der Waals surface area contributed by atoms with Crippen molar-refractivity contribution in [2.75, 3.05) is 39.8 Å². The standard InChI is InChI=1S/C17H24N4O3/c1-13(22)11-20-7-9-21(10-8-20)12-16-18-19-17(24-16)14-3-5-15(23-2)6-4-14/h3-6,13,22H,7-12H2,1-2H3. The molecule has 1 N–H and O–H groups in total. The molecule has 2 heterocycles. The van der Waals surface area contributed by atoms with Crippen LogP contribution >= 0.6 is 0 Å². The van der Waals surface area contributed by atoms with Crippen LogP contribution in [0.25, 0.3) is 11.5 Å². The lowest BCUT2D eigenvalue weighted by Gasteiger charge is -2.34. The maximum Gasteiger partial charge on any atom is 0.247 e. The van der Waals surface area contributed by atoms with Gasteiger partial charge in [0.05, 0.1) is 19.8 Å². The quantitative estimate of drug-likeness (QED) is 0.853. The maximum atomic E-state index is 9.45. The lowest BCUT2D eigenvalue weighted by molar-refractivity contribution is 0.0747. The Balaban J connectivity index is 1.54. The van der Waals surface area contributed by atoms with Gasteiger partial charge >= 0.3 is 0 Å². The van der Waals surface area contributed by atoms with Gasteiger partial charge in [-0.1, -0.05) is 0 Å². The van der Waals surface area contributed by atoms with Gasteiger partial charge in [-0.15, -0.1) is 10.2 Å². The summed E-state index contributed by atoms with van der Waals surface area (Å²) in [7, 11) is 1.64. The van der Waals surface area contributed by atoms with Crippen LogP contribution in [-0.2, 0) is 6.54 Å². The summed E-state index contributed by atoms with van der Waals surface area (Å²) in [4.78, 5) is 4.57. The molecule has 1 aliphatic rings. The van der Waals surface area contributed by atoms with Crippen molar-refractivity contribution in [1.82, 2.24) is 20.0 Å². The van der Waals surface area contributed by atoms with E-state index < -0.39 is 0 Å². The highest BCUT2D eigenvalue weighted by Crippen LogP contribution is 2.21. The highest BCUT2D eigenvalue weighted by atomic mass is 16.5. The summed E-state index contributed by atoms with van der Waals surface area (Å²) in [6.07, 6.45) is -0.278. The van der Waals surface area contributed by atoms with Crippen LogP contribution in [0.1, 0.15) is 12.8 Å². The Morgan fingerprint density at radius 2 is 1.79 bits per heavy atom. The molecule has 1 saturated heterocycles. The molecule has 0 aliphatic carbocycles. The predicted molar refractivity (Wildman–Crippen MR) is 89.7 cm³/mol. The molecule has 7 nitrogen and oxygen atoms in total. The molecule has 130 valence electrons. The van der Waals surface area contributed by atoms with E-state index in [1.54, 1.807) is 7.11 Å². The minimum Gasteiger partial charge on any atom is -0.497 e. The normalized spacial score (nSPS) is 17.8. The van der Waals surface area contributed by atoms with Crippen LogP contribution in [-0.4, -0.2) is 71.0 Å². The van der Waals surface area contributed by atoms with E-state index in [-0.39, 0.29) is 6.10 Å². The number of methoxy groups -OCH3 is 1. The fourth-order valence-corrected chi connectivity index (χ4v) is 2.86. The van der Waals surface area contributed by atoms with E-state index in [2.05, 4.69) is 20.0 Å². The molecule has 3 rings (SSSR count).